The molecule has 6 heteroatoms. The minimum absolute atomic E-state index is 0.0402. The summed E-state index contributed by atoms with van der Waals surface area (Å²) in [5.74, 6) is -0.0402. The fourth-order valence-corrected chi connectivity index (χ4v) is 3.58. The molecule has 0 spiro atoms. The van der Waals surface area contributed by atoms with E-state index in [0.29, 0.717) is 45.8 Å². The van der Waals surface area contributed by atoms with Crippen molar-refractivity contribution in [3.8, 4) is 0 Å². The molecular formula is C29H42FNO4. The number of halogens is 1. The van der Waals surface area contributed by atoms with E-state index in [1.165, 1.54) is 0 Å². The van der Waals surface area contributed by atoms with Gasteiger partial charge in [0.05, 0.1) is 18.8 Å². The van der Waals surface area contributed by atoms with Crippen molar-refractivity contribution in [2.75, 3.05) is 39.6 Å². The van der Waals surface area contributed by atoms with Crippen LogP contribution in [0.25, 0.3) is 0 Å². The number of benzene rings is 2. The summed E-state index contributed by atoms with van der Waals surface area (Å²) in [4.78, 5) is 14.3. The van der Waals surface area contributed by atoms with Gasteiger partial charge in [-0.1, -0.05) is 67.6 Å². The van der Waals surface area contributed by atoms with E-state index in [-0.39, 0.29) is 18.9 Å². The lowest BCUT2D eigenvalue weighted by atomic mass is 10.0. The molecule has 5 nitrogen and oxygen atoms in total. The fraction of sp³-hybridized carbons (Fsp3) is 0.552. The third-order valence-electron chi connectivity index (χ3n) is 5.74. The molecule has 2 aromatic carbocycles. The first kappa shape index (κ1) is 29.1. The second-order valence-corrected chi connectivity index (χ2v) is 9.37. The number of ether oxygens (including phenoxy) is 3. The van der Waals surface area contributed by atoms with E-state index in [9.17, 15) is 4.79 Å². The summed E-state index contributed by atoms with van der Waals surface area (Å²) < 4.78 is 32.0. The van der Waals surface area contributed by atoms with Crippen molar-refractivity contribution in [3.05, 3.63) is 71.8 Å². The van der Waals surface area contributed by atoms with Gasteiger partial charge in [-0.3, -0.25) is 9.69 Å². The van der Waals surface area contributed by atoms with Crippen LogP contribution in [0.1, 0.15) is 51.2 Å². The second-order valence-electron chi connectivity index (χ2n) is 9.37. The summed E-state index contributed by atoms with van der Waals surface area (Å²) >= 11 is 0. The Hall–Kier alpha value is -2.12. The molecule has 0 bridgehead atoms. The molecule has 0 aliphatic rings. The van der Waals surface area contributed by atoms with Gasteiger partial charge in [0.25, 0.3) is 0 Å². The quantitative estimate of drug-likeness (QED) is 0.241. The van der Waals surface area contributed by atoms with Gasteiger partial charge in [0.15, 0.2) is 5.78 Å². The SMILES string of the molecule is CCCOCCOCCCC(=O)COC(C)(C)C(F)CN(Cc1ccccc1)Cc1ccccc1. The average molecular weight is 488 g/mol. The molecule has 1 atom stereocenters. The third kappa shape index (κ3) is 12.4. The van der Waals surface area contributed by atoms with Crippen LogP contribution >= 0.6 is 0 Å². The highest BCUT2D eigenvalue weighted by Crippen LogP contribution is 2.22. The molecule has 0 aliphatic carbocycles. The van der Waals surface area contributed by atoms with Crippen LogP contribution in [0.15, 0.2) is 60.7 Å². The van der Waals surface area contributed by atoms with Gasteiger partial charge >= 0.3 is 0 Å². The van der Waals surface area contributed by atoms with Gasteiger partial charge in [0, 0.05) is 39.3 Å². The number of ketones is 1. The van der Waals surface area contributed by atoms with Crippen molar-refractivity contribution in [1.29, 1.82) is 0 Å². The molecule has 0 heterocycles. The first-order valence-corrected chi connectivity index (χ1v) is 12.7. The standard InChI is InChI=1S/C29H42FNO4/c1-4-17-33-19-20-34-18-11-16-27(32)24-35-29(2,3)28(30)23-31(21-25-12-7-5-8-13-25)22-26-14-9-6-10-15-26/h5-10,12-15,28H,4,11,16-24H2,1-3H3. The first-order chi connectivity index (χ1) is 16.9. The number of Topliss-reactive ketones (excluding diaryl/α,β-unsaturated/α-hetero) is 1. The van der Waals surface area contributed by atoms with E-state index in [2.05, 4.69) is 11.8 Å². The van der Waals surface area contributed by atoms with Crippen LogP contribution in [0, 0.1) is 0 Å². The molecule has 0 aromatic heterocycles. The molecule has 2 rings (SSSR count). The van der Waals surface area contributed by atoms with Crippen LogP contribution in [0.3, 0.4) is 0 Å². The minimum Gasteiger partial charge on any atom is -0.379 e. The zero-order valence-electron chi connectivity index (χ0n) is 21.6. The number of hydrogen-bond acceptors (Lipinski definition) is 5. The van der Waals surface area contributed by atoms with Crippen molar-refractivity contribution in [2.24, 2.45) is 0 Å². The van der Waals surface area contributed by atoms with Crippen LogP contribution in [0.5, 0.6) is 0 Å². The van der Waals surface area contributed by atoms with Crippen LogP contribution in [0.4, 0.5) is 4.39 Å². The van der Waals surface area contributed by atoms with E-state index in [1.807, 2.05) is 60.7 Å². The van der Waals surface area contributed by atoms with Gasteiger partial charge < -0.3 is 14.2 Å². The number of carbonyl (C=O) groups is 1. The van der Waals surface area contributed by atoms with Gasteiger partial charge in [-0.2, -0.15) is 0 Å². The summed E-state index contributed by atoms with van der Waals surface area (Å²) in [7, 11) is 0. The Morgan fingerprint density at radius 3 is 1.97 bits per heavy atom. The third-order valence-corrected chi connectivity index (χ3v) is 5.74. The summed E-state index contributed by atoms with van der Waals surface area (Å²) in [6.07, 6.45) is 0.714. The van der Waals surface area contributed by atoms with Crippen LogP contribution in [-0.2, 0) is 32.1 Å². The lowest BCUT2D eigenvalue weighted by Crippen LogP contribution is -2.44. The van der Waals surface area contributed by atoms with E-state index in [4.69, 9.17) is 14.2 Å². The Morgan fingerprint density at radius 2 is 1.43 bits per heavy atom. The molecular weight excluding hydrogens is 445 g/mol. The Morgan fingerprint density at radius 1 is 0.886 bits per heavy atom. The Balaban J connectivity index is 1.78. The molecule has 0 aliphatic heterocycles. The number of rotatable bonds is 19. The molecule has 0 radical (unpaired) electrons. The lowest BCUT2D eigenvalue weighted by molar-refractivity contribution is -0.135. The van der Waals surface area contributed by atoms with Crippen LogP contribution in [0.2, 0.25) is 0 Å². The van der Waals surface area contributed by atoms with Gasteiger partial charge in [-0.25, -0.2) is 4.39 Å². The maximum Gasteiger partial charge on any atom is 0.158 e. The number of carbonyl (C=O) groups excluding carboxylic acids is 1. The van der Waals surface area contributed by atoms with E-state index < -0.39 is 11.8 Å². The first-order valence-electron chi connectivity index (χ1n) is 12.7. The molecule has 0 amide bonds. The van der Waals surface area contributed by atoms with Crippen molar-refractivity contribution < 1.29 is 23.4 Å². The van der Waals surface area contributed by atoms with Crippen molar-refractivity contribution in [3.63, 3.8) is 0 Å². The number of hydrogen-bond donors (Lipinski definition) is 0. The highest BCUT2D eigenvalue weighted by atomic mass is 19.1. The summed E-state index contributed by atoms with van der Waals surface area (Å²) in [5.41, 5.74) is 1.18. The maximum atomic E-state index is 15.5. The van der Waals surface area contributed by atoms with Crippen molar-refractivity contribution in [2.45, 2.75) is 64.9 Å². The minimum atomic E-state index is -1.26. The number of alkyl halides is 1. The van der Waals surface area contributed by atoms with E-state index in [0.717, 1.165) is 24.2 Å². The summed E-state index contributed by atoms with van der Waals surface area (Å²) in [6.45, 7) is 9.22. The van der Waals surface area contributed by atoms with Crippen molar-refractivity contribution in [1.82, 2.24) is 4.90 Å². The average Bonchev–Trinajstić information content (AvgIpc) is 2.85. The van der Waals surface area contributed by atoms with E-state index in [1.54, 1.807) is 13.8 Å². The van der Waals surface area contributed by atoms with Gasteiger partial charge in [-0.05, 0) is 37.8 Å². The number of nitrogens with zero attached hydrogens (tertiary/aromatic N) is 1. The Kier molecular flexibility index (Phi) is 13.8. The van der Waals surface area contributed by atoms with Gasteiger partial charge in [-0.15, -0.1) is 0 Å². The smallest absolute Gasteiger partial charge is 0.158 e. The molecule has 194 valence electrons. The van der Waals surface area contributed by atoms with Crippen LogP contribution < -0.4 is 0 Å². The largest absolute Gasteiger partial charge is 0.379 e. The van der Waals surface area contributed by atoms with Crippen LogP contribution in [-0.4, -0.2) is 62.0 Å². The molecule has 1 unspecified atom stereocenters. The summed E-state index contributed by atoms with van der Waals surface area (Å²) in [5, 5.41) is 0. The molecule has 0 N–H and O–H groups in total. The van der Waals surface area contributed by atoms with E-state index >= 15 is 4.39 Å². The van der Waals surface area contributed by atoms with Crippen molar-refractivity contribution >= 4 is 5.78 Å². The molecule has 0 fully saturated rings. The summed E-state index contributed by atoms with van der Waals surface area (Å²) in [6, 6.07) is 20.1. The topological polar surface area (TPSA) is 48.0 Å². The zero-order chi connectivity index (χ0) is 25.4. The molecule has 0 saturated heterocycles. The predicted molar refractivity (Wildman–Crippen MR) is 138 cm³/mol. The zero-order valence-corrected chi connectivity index (χ0v) is 21.6. The Labute approximate surface area is 210 Å². The normalized spacial score (nSPS) is 12.7. The molecule has 2 aromatic rings. The highest BCUT2D eigenvalue weighted by molar-refractivity contribution is 5.79. The Bertz CT molecular complexity index is 774. The predicted octanol–water partition coefficient (Wildman–Crippen LogP) is 5.61. The second kappa shape index (κ2) is 16.5. The van der Waals surface area contributed by atoms with Gasteiger partial charge in [0.1, 0.15) is 12.8 Å². The fourth-order valence-electron chi connectivity index (χ4n) is 3.58. The molecule has 0 saturated carbocycles. The lowest BCUT2D eigenvalue weighted by Gasteiger charge is -2.33. The van der Waals surface area contributed by atoms with Gasteiger partial charge in [0.2, 0.25) is 0 Å². The highest BCUT2D eigenvalue weighted by Gasteiger charge is 2.32. The monoisotopic (exact) mass is 487 g/mol. The molecule has 35 heavy (non-hydrogen) atoms. The maximum absolute atomic E-state index is 15.5.